The van der Waals surface area contributed by atoms with Crippen molar-refractivity contribution in [1.82, 2.24) is 0 Å². The Morgan fingerprint density at radius 2 is 0.870 bits per heavy atom. The monoisotopic (exact) mass is 588 g/mol. The lowest BCUT2D eigenvalue weighted by Gasteiger charge is -2.23. The summed E-state index contributed by atoms with van der Waals surface area (Å²) in [6, 6.07) is 42.6. The number of fused-ring (bicyclic) bond motifs is 1. The zero-order chi connectivity index (χ0) is 30.7. The van der Waals surface area contributed by atoms with E-state index >= 15 is 0 Å². The van der Waals surface area contributed by atoms with Crippen LogP contribution >= 0.6 is 0 Å². The van der Waals surface area contributed by atoms with Gasteiger partial charge in [0.15, 0.2) is 11.6 Å². The van der Waals surface area contributed by atoms with E-state index in [-0.39, 0.29) is 11.6 Å². The SMILES string of the molecule is COc1ccc(C(=O)c2cc3ccc4ccc5c(C(=O)c6ccc7ccccc7c6)cc6ccc7ccc2c2c7c6c5c4c32)cc1. The maximum Gasteiger partial charge on any atom is 0.193 e. The smallest absolute Gasteiger partial charge is 0.193 e. The largest absolute Gasteiger partial charge is 0.497 e. The molecule has 46 heavy (non-hydrogen) atoms. The Kier molecular flexibility index (Phi) is 4.94. The summed E-state index contributed by atoms with van der Waals surface area (Å²) in [5.74, 6) is 0.716. The maximum atomic E-state index is 14.3. The van der Waals surface area contributed by atoms with Gasteiger partial charge in [0.1, 0.15) is 5.75 Å². The first-order valence-electron chi connectivity index (χ1n) is 15.5. The first-order valence-corrected chi connectivity index (χ1v) is 15.5. The quantitative estimate of drug-likeness (QED) is 0.114. The summed E-state index contributed by atoms with van der Waals surface area (Å²) in [4.78, 5) is 28.4. The Hall–Kier alpha value is -6.06. The first kappa shape index (κ1) is 25.3. The number of benzene rings is 10. The minimum absolute atomic E-state index is 0.0171. The van der Waals surface area contributed by atoms with Crippen molar-refractivity contribution in [3.05, 3.63) is 150 Å². The highest BCUT2D eigenvalue weighted by Gasteiger charge is 2.26. The summed E-state index contributed by atoms with van der Waals surface area (Å²) >= 11 is 0. The molecular formula is C43H24O3. The molecule has 0 aliphatic heterocycles. The van der Waals surface area contributed by atoms with Gasteiger partial charge in [-0.25, -0.2) is 0 Å². The molecule has 3 heteroatoms. The minimum atomic E-state index is -0.0171. The Morgan fingerprint density at radius 3 is 1.46 bits per heavy atom. The summed E-state index contributed by atoms with van der Waals surface area (Å²) in [7, 11) is 1.62. The van der Waals surface area contributed by atoms with Gasteiger partial charge in [0.25, 0.3) is 0 Å². The highest BCUT2D eigenvalue weighted by atomic mass is 16.5. The fourth-order valence-electron chi connectivity index (χ4n) is 7.84. The Morgan fingerprint density at radius 1 is 0.413 bits per heavy atom. The third-order valence-corrected chi connectivity index (χ3v) is 9.97. The van der Waals surface area contributed by atoms with Crippen LogP contribution in [0.2, 0.25) is 0 Å². The summed E-state index contributed by atoms with van der Waals surface area (Å²) in [5, 5.41) is 15.2. The van der Waals surface area contributed by atoms with E-state index in [0.717, 1.165) is 75.4 Å². The predicted octanol–water partition coefficient (Wildman–Crippen LogP) is 10.5. The second kappa shape index (κ2) is 8.99. The number of ketones is 2. The third kappa shape index (κ3) is 3.26. The van der Waals surface area contributed by atoms with Gasteiger partial charge in [-0.15, -0.1) is 0 Å². The molecule has 10 aromatic rings. The maximum absolute atomic E-state index is 14.3. The summed E-state index contributed by atoms with van der Waals surface area (Å²) in [6.45, 7) is 0. The molecule has 0 unspecified atom stereocenters. The predicted molar refractivity (Wildman–Crippen MR) is 189 cm³/mol. The Bertz CT molecular complexity index is 2840. The summed E-state index contributed by atoms with van der Waals surface area (Å²) < 4.78 is 5.33. The van der Waals surface area contributed by atoms with Crippen molar-refractivity contribution in [2.75, 3.05) is 7.11 Å². The third-order valence-electron chi connectivity index (χ3n) is 9.97. The van der Waals surface area contributed by atoms with Crippen LogP contribution in [0.25, 0.3) is 75.4 Å². The van der Waals surface area contributed by atoms with E-state index in [9.17, 15) is 9.59 Å². The molecule has 10 rings (SSSR count). The van der Waals surface area contributed by atoms with Gasteiger partial charge in [-0.3, -0.25) is 9.59 Å². The van der Waals surface area contributed by atoms with Crippen LogP contribution < -0.4 is 4.74 Å². The van der Waals surface area contributed by atoms with Crippen molar-refractivity contribution >= 4 is 87.0 Å². The highest BCUT2D eigenvalue weighted by molar-refractivity contribution is 6.47. The van der Waals surface area contributed by atoms with Crippen LogP contribution in [0.1, 0.15) is 31.8 Å². The van der Waals surface area contributed by atoms with Crippen molar-refractivity contribution < 1.29 is 14.3 Å². The lowest BCUT2D eigenvalue weighted by molar-refractivity contribution is 0.103. The average molecular weight is 589 g/mol. The number of carbonyl (C=O) groups is 2. The minimum Gasteiger partial charge on any atom is -0.497 e. The number of ether oxygens (including phenoxy) is 1. The number of rotatable bonds is 5. The molecule has 0 atom stereocenters. The van der Waals surface area contributed by atoms with E-state index in [2.05, 4.69) is 66.7 Å². The molecule has 0 N–H and O–H groups in total. The molecule has 3 nitrogen and oxygen atoms in total. The van der Waals surface area contributed by atoms with Crippen molar-refractivity contribution in [1.29, 1.82) is 0 Å². The van der Waals surface area contributed by atoms with Gasteiger partial charge >= 0.3 is 0 Å². The number of carbonyl (C=O) groups excluding carboxylic acids is 2. The normalized spacial score (nSPS) is 12.2. The van der Waals surface area contributed by atoms with Crippen LogP contribution in [0.15, 0.2) is 127 Å². The van der Waals surface area contributed by atoms with Crippen LogP contribution in [0.5, 0.6) is 5.75 Å². The molecular weight excluding hydrogens is 564 g/mol. The van der Waals surface area contributed by atoms with Crippen molar-refractivity contribution in [2.45, 2.75) is 0 Å². The molecule has 0 saturated carbocycles. The summed E-state index contributed by atoms with van der Waals surface area (Å²) in [5.41, 5.74) is 2.69. The van der Waals surface area contributed by atoms with Crippen molar-refractivity contribution in [3.8, 4) is 5.75 Å². The second-order valence-corrected chi connectivity index (χ2v) is 12.3. The molecule has 0 amide bonds. The lowest BCUT2D eigenvalue weighted by atomic mass is 9.79. The average Bonchev–Trinajstić information content (AvgIpc) is 3.12. The van der Waals surface area contributed by atoms with Gasteiger partial charge in [0, 0.05) is 22.3 Å². The van der Waals surface area contributed by atoms with E-state index < -0.39 is 0 Å². The summed E-state index contributed by atoms with van der Waals surface area (Å²) in [6.07, 6.45) is 0. The molecule has 0 bridgehead atoms. The van der Waals surface area contributed by atoms with E-state index in [4.69, 9.17) is 4.74 Å². The van der Waals surface area contributed by atoms with Gasteiger partial charge in [0.2, 0.25) is 0 Å². The number of hydrogen-bond acceptors (Lipinski definition) is 3. The van der Waals surface area contributed by atoms with Crippen molar-refractivity contribution in [2.24, 2.45) is 0 Å². The van der Waals surface area contributed by atoms with Crippen LogP contribution in [-0.2, 0) is 0 Å². The standard InChI is InChI=1S/C43H24O3/c1-46-31-16-12-26(13-17-31)42(44)34-21-28-9-7-25-15-19-33-35(43(45)30-11-6-23-4-2-3-5-27(23)20-30)22-29-10-8-24-14-18-32(34)40-36(24)39(29)41(33)37(25)38(28)40/h2-22H,1H3. The van der Waals surface area contributed by atoms with E-state index in [1.165, 1.54) is 0 Å². The van der Waals surface area contributed by atoms with E-state index in [0.29, 0.717) is 28.0 Å². The number of hydrogen-bond donors (Lipinski definition) is 0. The second-order valence-electron chi connectivity index (χ2n) is 12.3. The molecule has 0 spiro atoms. The van der Waals surface area contributed by atoms with Gasteiger partial charge < -0.3 is 4.74 Å². The van der Waals surface area contributed by atoms with Gasteiger partial charge in [-0.2, -0.15) is 0 Å². The van der Waals surface area contributed by atoms with Crippen LogP contribution in [0.4, 0.5) is 0 Å². The molecule has 0 aromatic heterocycles. The molecule has 0 aliphatic carbocycles. The molecule has 214 valence electrons. The van der Waals surface area contributed by atoms with Crippen LogP contribution in [0, 0.1) is 0 Å². The molecule has 0 radical (unpaired) electrons. The van der Waals surface area contributed by atoms with Gasteiger partial charge in [-0.1, -0.05) is 84.9 Å². The van der Waals surface area contributed by atoms with Gasteiger partial charge in [0.05, 0.1) is 7.11 Å². The first-order chi connectivity index (χ1) is 22.6. The molecule has 0 aliphatic rings. The zero-order valence-electron chi connectivity index (χ0n) is 24.8. The molecule has 10 aromatic carbocycles. The molecule has 0 heterocycles. The Labute approximate surface area is 263 Å². The highest BCUT2D eigenvalue weighted by Crippen LogP contribution is 2.50. The zero-order valence-corrected chi connectivity index (χ0v) is 24.8. The topological polar surface area (TPSA) is 43.4 Å². The fourth-order valence-corrected chi connectivity index (χ4v) is 7.84. The Balaban J connectivity index is 1.30. The molecule has 0 saturated heterocycles. The van der Waals surface area contributed by atoms with Crippen LogP contribution in [-0.4, -0.2) is 18.7 Å². The lowest BCUT2D eigenvalue weighted by Crippen LogP contribution is -2.05. The van der Waals surface area contributed by atoms with Crippen LogP contribution in [0.3, 0.4) is 0 Å². The van der Waals surface area contributed by atoms with E-state index in [1.54, 1.807) is 7.11 Å². The fraction of sp³-hybridized carbons (Fsp3) is 0.0233. The molecule has 0 fully saturated rings. The van der Waals surface area contributed by atoms with Gasteiger partial charge in [-0.05, 0) is 118 Å². The van der Waals surface area contributed by atoms with E-state index in [1.807, 2.05) is 60.7 Å². The van der Waals surface area contributed by atoms with Crippen molar-refractivity contribution in [3.63, 3.8) is 0 Å². The number of methoxy groups -OCH3 is 1.